The molecule has 0 aliphatic heterocycles. The van der Waals surface area contributed by atoms with Gasteiger partial charge in [0.05, 0.1) is 6.54 Å². The molecule has 0 aliphatic rings. The SMILES string of the molecule is CCCN(CC(=O)N(Cc1ccccc1)Cc1sccc1C)C(=O)N(C)C. The minimum Gasteiger partial charge on any atom is -0.332 e. The topological polar surface area (TPSA) is 43.9 Å². The maximum Gasteiger partial charge on any atom is 0.319 e. The summed E-state index contributed by atoms with van der Waals surface area (Å²) in [6.07, 6.45) is 0.815. The first kappa shape index (κ1) is 21.0. The number of benzene rings is 1. The number of thiophene rings is 1. The van der Waals surface area contributed by atoms with Crippen LogP contribution in [0.4, 0.5) is 4.79 Å². The molecule has 0 saturated heterocycles. The van der Waals surface area contributed by atoms with E-state index in [1.807, 2.05) is 42.2 Å². The van der Waals surface area contributed by atoms with E-state index in [2.05, 4.69) is 18.4 Å². The Morgan fingerprint density at radius 3 is 2.26 bits per heavy atom. The first-order valence-corrected chi connectivity index (χ1v) is 10.1. The summed E-state index contributed by atoms with van der Waals surface area (Å²) in [6.45, 7) is 5.84. The zero-order valence-electron chi connectivity index (χ0n) is 16.6. The number of aryl methyl sites for hydroxylation is 1. The summed E-state index contributed by atoms with van der Waals surface area (Å²) < 4.78 is 0. The quantitative estimate of drug-likeness (QED) is 0.688. The van der Waals surface area contributed by atoms with Crippen molar-refractivity contribution in [3.8, 4) is 0 Å². The molecule has 1 aromatic carbocycles. The van der Waals surface area contributed by atoms with Crippen LogP contribution in [0.3, 0.4) is 0 Å². The molecule has 27 heavy (non-hydrogen) atoms. The summed E-state index contributed by atoms with van der Waals surface area (Å²) in [6, 6.07) is 11.9. The Morgan fingerprint density at radius 1 is 1.00 bits per heavy atom. The summed E-state index contributed by atoms with van der Waals surface area (Å²) in [5, 5.41) is 2.05. The molecule has 5 nitrogen and oxygen atoms in total. The fourth-order valence-corrected chi connectivity index (χ4v) is 3.75. The molecule has 2 aromatic rings. The van der Waals surface area contributed by atoms with Crippen LogP contribution in [0.15, 0.2) is 41.8 Å². The van der Waals surface area contributed by atoms with Crippen molar-refractivity contribution in [1.29, 1.82) is 0 Å². The molecular formula is C21H29N3O2S. The van der Waals surface area contributed by atoms with Crippen molar-refractivity contribution in [3.05, 3.63) is 57.8 Å². The van der Waals surface area contributed by atoms with Gasteiger partial charge in [0.1, 0.15) is 6.54 Å². The van der Waals surface area contributed by atoms with Crippen molar-refractivity contribution in [2.24, 2.45) is 0 Å². The molecule has 0 spiro atoms. The van der Waals surface area contributed by atoms with E-state index >= 15 is 0 Å². The third-order valence-electron chi connectivity index (χ3n) is 4.34. The number of carbonyl (C=O) groups excluding carboxylic acids is 2. The fourth-order valence-electron chi connectivity index (χ4n) is 2.83. The molecule has 0 fully saturated rings. The molecule has 0 aliphatic carbocycles. The number of rotatable bonds is 8. The molecule has 2 rings (SSSR count). The van der Waals surface area contributed by atoms with Gasteiger partial charge in [0, 0.05) is 32.1 Å². The lowest BCUT2D eigenvalue weighted by atomic mass is 10.2. The van der Waals surface area contributed by atoms with E-state index in [1.54, 1.807) is 30.3 Å². The molecule has 3 amide bonds. The van der Waals surface area contributed by atoms with Gasteiger partial charge in [-0.3, -0.25) is 4.79 Å². The number of nitrogens with zero attached hydrogens (tertiary/aromatic N) is 3. The summed E-state index contributed by atoms with van der Waals surface area (Å²) in [4.78, 5) is 31.7. The third kappa shape index (κ3) is 6.10. The van der Waals surface area contributed by atoms with Crippen LogP contribution < -0.4 is 0 Å². The maximum absolute atomic E-state index is 13.1. The second-order valence-corrected chi connectivity index (χ2v) is 7.86. The smallest absolute Gasteiger partial charge is 0.319 e. The molecule has 146 valence electrons. The molecule has 0 N–H and O–H groups in total. The van der Waals surface area contributed by atoms with Crippen LogP contribution in [0.1, 0.15) is 29.3 Å². The van der Waals surface area contributed by atoms with E-state index in [9.17, 15) is 9.59 Å². The van der Waals surface area contributed by atoms with Crippen LogP contribution in [0.2, 0.25) is 0 Å². The number of hydrogen-bond donors (Lipinski definition) is 0. The molecule has 1 heterocycles. The van der Waals surface area contributed by atoms with Crippen molar-refractivity contribution in [3.63, 3.8) is 0 Å². The van der Waals surface area contributed by atoms with Crippen molar-refractivity contribution < 1.29 is 9.59 Å². The van der Waals surface area contributed by atoms with E-state index in [0.29, 0.717) is 19.6 Å². The maximum atomic E-state index is 13.1. The molecule has 0 atom stereocenters. The monoisotopic (exact) mass is 387 g/mol. The lowest BCUT2D eigenvalue weighted by Gasteiger charge is -2.29. The average molecular weight is 388 g/mol. The highest BCUT2D eigenvalue weighted by molar-refractivity contribution is 7.10. The number of urea groups is 1. The number of carbonyl (C=O) groups is 2. The Labute approximate surface area is 166 Å². The van der Waals surface area contributed by atoms with Crippen LogP contribution in [0.25, 0.3) is 0 Å². The normalized spacial score (nSPS) is 10.5. The average Bonchev–Trinajstić information content (AvgIpc) is 3.05. The first-order valence-electron chi connectivity index (χ1n) is 9.23. The van der Waals surface area contributed by atoms with Gasteiger partial charge in [-0.15, -0.1) is 11.3 Å². The van der Waals surface area contributed by atoms with Gasteiger partial charge in [-0.2, -0.15) is 0 Å². The van der Waals surface area contributed by atoms with Crippen molar-refractivity contribution in [2.75, 3.05) is 27.2 Å². The number of amides is 3. The summed E-state index contributed by atoms with van der Waals surface area (Å²) in [5.74, 6) is -0.0321. The molecule has 1 aromatic heterocycles. The highest BCUT2D eigenvalue weighted by atomic mass is 32.1. The van der Waals surface area contributed by atoms with Crippen LogP contribution in [0, 0.1) is 6.92 Å². The van der Waals surface area contributed by atoms with Gasteiger partial charge in [0.2, 0.25) is 5.91 Å². The lowest BCUT2D eigenvalue weighted by molar-refractivity contribution is -0.133. The fraction of sp³-hybridized carbons (Fsp3) is 0.429. The van der Waals surface area contributed by atoms with E-state index in [-0.39, 0.29) is 18.5 Å². The largest absolute Gasteiger partial charge is 0.332 e. The highest BCUT2D eigenvalue weighted by Gasteiger charge is 2.23. The second kappa shape index (κ2) is 10.1. The van der Waals surface area contributed by atoms with Crippen molar-refractivity contribution in [2.45, 2.75) is 33.4 Å². The summed E-state index contributed by atoms with van der Waals surface area (Å²) >= 11 is 1.66. The minimum absolute atomic E-state index is 0.0321. The Morgan fingerprint density at radius 2 is 1.70 bits per heavy atom. The molecule has 0 unspecified atom stereocenters. The van der Waals surface area contributed by atoms with Gasteiger partial charge in [-0.1, -0.05) is 37.3 Å². The summed E-state index contributed by atoms with van der Waals surface area (Å²) in [5.41, 5.74) is 2.28. The van der Waals surface area contributed by atoms with Gasteiger partial charge in [0.15, 0.2) is 0 Å². The molecular weight excluding hydrogens is 358 g/mol. The predicted molar refractivity (Wildman–Crippen MR) is 111 cm³/mol. The van der Waals surface area contributed by atoms with Gasteiger partial charge < -0.3 is 14.7 Å². The lowest BCUT2D eigenvalue weighted by Crippen LogP contribution is -2.46. The zero-order valence-corrected chi connectivity index (χ0v) is 17.5. The van der Waals surface area contributed by atoms with Crippen LogP contribution >= 0.6 is 11.3 Å². The third-order valence-corrected chi connectivity index (χ3v) is 5.35. The van der Waals surface area contributed by atoms with Gasteiger partial charge >= 0.3 is 6.03 Å². The molecule has 0 bridgehead atoms. The van der Waals surface area contributed by atoms with Crippen molar-refractivity contribution >= 4 is 23.3 Å². The van der Waals surface area contributed by atoms with E-state index in [0.717, 1.165) is 12.0 Å². The van der Waals surface area contributed by atoms with Crippen molar-refractivity contribution in [1.82, 2.24) is 14.7 Å². The van der Waals surface area contributed by atoms with Gasteiger partial charge in [-0.25, -0.2) is 4.79 Å². The Bertz CT molecular complexity index is 743. The van der Waals surface area contributed by atoms with E-state index in [4.69, 9.17) is 0 Å². The standard InChI is InChI=1S/C21H29N3O2S/c1-5-12-23(21(26)22(3)4)16-20(25)24(14-18-9-7-6-8-10-18)15-19-17(2)11-13-27-19/h6-11,13H,5,12,14-16H2,1-4H3. The highest BCUT2D eigenvalue weighted by Crippen LogP contribution is 2.19. The summed E-state index contributed by atoms with van der Waals surface area (Å²) in [7, 11) is 3.43. The van der Waals surface area contributed by atoms with E-state index in [1.165, 1.54) is 15.3 Å². The van der Waals surface area contributed by atoms with Gasteiger partial charge in [-0.05, 0) is 35.9 Å². The van der Waals surface area contributed by atoms with Crippen LogP contribution in [0.5, 0.6) is 0 Å². The molecule has 6 heteroatoms. The predicted octanol–water partition coefficient (Wildman–Crippen LogP) is 3.98. The van der Waals surface area contributed by atoms with Gasteiger partial charge in [0.25, 0.3) is 0 Å². The second-order valence-electron chi connectivity index (χ2n) is 6.86. The molecule has 0 saturated carbocycles. The Hall–Kier alpha value is -2.34. The number of hydrogen-bond acceptors (Lipinski definition) is 3. The Balaban J connectivity index is 2.18. The Kier molecular flexibility index (Phi) is 7.85. The van der Waals surface area contributed by atoms with Crippen LogP contribution in [-0.2, 0) is 17.9 Å². The van der Waals surface area contributed by atoms with Crippen LogP contribution in [-0.4, -0.2) is 53.8 Å². The molecule has 0 radical (unpaired) electrons. The van der Waals surface area contributed by atoms with E-state index < -0.39 is 0 Å². The first-order chi connectivity index (χ1) is 12.9. The minimum atomic E-state index is -0.128. The zero-order chi connectivity index (χ0) is 19.8.